The molecule has 2 atom stereocenters. The number of imidazole rings is 1. The number of rotatable bonds is 9. The Bertz CT molecular complexity index is 1620. The van der Waals surface area contributed by atoms with Crippen molar-refractivity contribution in [2.75, 3.05) is 19.8 Å². The number of halogens is 3. The van der Waals surface area contributed by atoms with Crippen LogP contribution in [0.4, 0.5) is 13.2 Å². The molecule has 1 saturated heterocycles. The number of aliphatic hydroxyl groups excluding tert-OH is 1. The van der Waals surface area contributed by atoms with Crippen LogP contribution in [-0.2, 0) is 32.2 Å². The first-order valence-corrected chi connectivity index (χ1v) is 12.9. The van der Waals surface area contributed by atoms with E-state index in [2.05, 4.69) is 15.1 Å². The van der Waals surface area contributed by atoms with Crippen LogP contribution in [0.15, 0.2) is 43.0 Å². The smallest absolute Gasteiger partial charge is 0.435 e. The molecule has 42 heavy (non-hydrogen) atoms. The normalized spacial score (nSPS) is 17.0. The van der Waals surface area contributed by atoms with Crippen molar-refractivity contribution in [3.05, 3.63) is 59.8 Å². The number of hydrogen-bond acceptors (Lipinski definition) is 10. The largest absolute Gasteiger partial charge is 0.464 e. The SMILES string of the molecule is Cc1cc(Oc2nccn3c(-c4cn(C)nc4C(F)(F)F)cnc23)ccc1C(=O)OCCCOC(=O)[C@@H]1C[C@@H](O)CO1. The Hall–Kier alpha value is -4.50. The van der Waals surface area contributed by atoms with Crippen LogP contribution in [0.25, 0.3) is 16.9 Å². The maximum atomic E-state index is 13.5. The molecule has 4 aromatic rings. The number of esters is 2. The summed E-state index contributed by atoms with van der Waals surface area (Å²) in [5, 5.41) is 13.0. The monoisotopic (exact) mass is 589 g/mol. The van der Waals surface area contributed by atoms with Crippen LogP contribution in [0, 0.1) is 6.92 Å². The summed E-state index contributed by atoms with van der Waals surface area (Å²) in [5.41, 5.74) is -0.00610. The minimum Gasteiger partial charge on any atom is -0.464 e. The molecule has 0 saturated carbocycles. The topological polar surface area (TPSA) is 139 Å². The molecule has 1 aliphatic rings. The summed E-state index contributed by atoms with van der Waals surface area (Å²) in [6.07, 6.45) is -0.268. The first-order valence-electron chi connectivity index (χ1n) is 12.9. The minimum atomic E-state index is -4.66. The third-order valence-corrected chi connectivity index (χ3v) is 6.41. The Kier molecular flexibility index (Phi) is 8.13. The van der Waals surface area contributed by atoms with Crippen molar-refractivity contribution < 1.29 is 46.8 Å². The van der Waals surface area contributed by atoms with E-state index in [0.29, 0.717) is 16.9 Å². The molecule has 0 unspecified atom stereocenters. The molecule has 12 nitrogen and oxygen atoms in total. The summed E-state index contributed by atoms with van der Waals surface area (Å²) in [4.78, 5) is 32.8. The zero-order valence-electron chi connectivity index (χ0n) is 22.5. The third-order valence-electron chi connectivity index (χ3n) is 6.41. The van der Waals surface area contributed by atoms with Crippen molar-refractivity contribution in [3.63, 3.8) is 0 Å². The van der Waals surface area contributed by atoms with Crippen LogP contribution < -0.4 is 4.74 Å². The molecule has 0 aliphatic carbocycles. The number of aliphatic hydroxyl groups is 1. The van der Waals surface area contributed by atoms with Crippen molar-refractivity contribution in [1.82, 2.24) is 24.1 Å². The van der Waals surface area contributed by atoms with E-state index >= 15 is 0 Å². The van der Waals surface area contributed by atoms with Gasteiger partial charge in [0.2, 0.25) is 5.65 Å². The van der Waals surface area contributed by atoms with E-state index in [1.54, 1.807) is 13.0 Å². The van der Waals surface area contributed by atoms with Gasteiger partial charge in [0.05, 0.1) is 48.9 Å². The maximum Gasteiger partial charge on any atom is 0.435 e. The molecule has 1 N–H and O–H groups in total. The number of carbonyl (C=O) groups excluding carboxylic acids is 2. The number of alkyl halides is 3. The van der Waals surface area contributed by atoms with Gasteiger partial charge in [-0.2, -0.15) is 18.3 Å². The van der Waals surface area contributed by atoms with Gasteiger partial charge in [0, 0.05) is 38.5 Å². The lowest BCUT2D eigenvalue weighted by atomic mass is 10.1. The van der Waals surface area contributed by atoms with Gasteiger partial charge in [0.1, 0.15) is 5.75 Å². The molecular formula is C27H26F3N5O7. The number of benzene rings is 1. The third kappa shape index (κ3) is 6.21. The molecule has 222 valence electrons. The summed E-state index contributed by atoms with van der Waals surface area (Å²) in [5.74, 6) is -0.785. The number of fused-ring (bicyclic) bond motifs is 1. The molecule has 4 heterocycles. The highest BCUT2D eigenvalue weighted by atomic mass is 19.4. The Morgan fingerprint density at radius 3 is 2.69 bits per heavy atom. The number of aryl methyl sites for hydroxylation is 2. The Morgan fingerprint density at radius 2 is 1.98 bits per heavy atom. The zero-order chi connectivity index (χ0) is 30.0. The first kappa shape index (κ1) is 29.0. The van der Waals surface area contributed by atoms with Crippen molar-refractivity contribution in [2.24, 2.45) is 7.05 Å². The number of aromatic nitrogens is 5. The lowest BCUT2D eigenvalue weighted by Gasteiger charge is -2.11. The number of hydrogen-bond donors (Lipinski definition) is 1. The highest BCUT2D eigenvalue weighted by Crippen LogP contribution is 2.37. The van der Waals surface area contributed by atoms with Gasteiger partial charge in [-0.05, 0) is 30.7 Å². The van der Waals surface area contributed by atoms with Crippen molar-refractivity contribution in [2.45, 2.75) is 38.1 Å². The van der Waals surface area contributed by atoms with Gasteiger partial charge in [-0.25, -0.2) is 19.6 Å². The van der Waals surface area contributed by atoms with Gasteiger partial charge in [-0.3, -0.25) is 9.08 Å². The summed E-state index contributed by atoms with van der Waals surface area (Å²) >= 11 is 0. The van der Waals surface area contributed by atoms with Gasteiger partial charge in [0.15, 0.2) is 11.8 Å². The summed E-state index contributed by atoms with van der Waals surface area (Å²) in [7, 11) is 1.40. The fourth-order valence-corrected chi connectivity index (χ4v) is 4.43. The molecule has 0 bridgehead atoms. The average molecular weight is 590 g/mol. The van der Waals surface area contributed by atoms with Crippen molar-refractivity contribution in [1.29, 1.82) is 0 Å². The van der Waals surface area contributed by atoms with E-state index in [9.17, 15) is 27.9 Å². The highest BCUT2D eigenvalue weighted by Gasteiger charge is 2.38. The van der Waals surface area contributed by atoms with Crippen LogP contribution in [0.5, 0.6) is 11.6 Å². The van der Waals surface area contributed by atoms with Gasteiger partial charge >= 0.3 is 18.1 Å². The fraction of sp³-hybridized carbons (Fsp3) is 0.370. The molecule has 1 aromatic carbocycles. The van der Waals surface area contributed by atoms with E-state index in [4.69, 9.17) is 18.9 Å². The molecule has 0 radical (unpaired) electrons. The number of ether oxygens (including phenoxy) is 4. The predicted molar refractivity (Wildman–Crippen MR) is 138 cm³/mol. The predicted octanol–water partition coefficient (Wildman–Crippen LogP) is 3.49. The Labute approximate surface area is 236 Å². The molecule has 5 rings (SSSR count). The van der Waals surface area contributed by atoms with E-state index in [-0.39, 0.29) is 55.4 Å². The summed E-state index contributed by atoms with van der Waals surface area (Å²) < 4.78 is 64.5. The highest BCUT2D eigenvalue weighted by molar-refractivity contribution is 5.91. The second-order valence-corrected chi connectivity index (χ2v) is 9.58. The molecule has 15 heteroatoms. The van der Waals surface area contributed by atoms with Gasteiger partial charge in [-0.1, -0.05) is 0 Å². The lowest BCUT2D eigenvalue weighted by molar-refractivity contribution is -0.154. The summed E-state index contributed by atoms with van der Waals surface area (Å²) in [6, 6.07) is 4.63. The Morgan fingerprint density at radius 1 is 1.19 bits per heavy atom. The standard InChI is InChI=1S/C27H26F3N5O7/c1-15-10-17(4-5-18(15)25(37)39-8-3-9-40-26(38)21-11-16(36)14-41-21)42-24-23-32-12-20(35(23)7-6-31-24)19-13-34(2)33-22(19)27(28,29)30/h4-7,10,12-13,16,21,36H,3,8-9,11,14H2,1-2H3/t16-,21+/m1/s1. The quantitative estimate of drug-likeness (QED) is 0.228. The van der Waals surface area contributed by atoms with Gasteiger partial charge < -0.3 is 24.1 Å². The molecular weight excluding hydrogens is 563 g/mol. The van der Waals surface area contributed by atoms with Crippen LogP contribution in [0.3, 0.4) is 0 Å². The van der Waals surface area contributed by atoms with Gasteiger partial charge in [0.25, 0.3) is 5.88 Å². The van der Waals surface area contributed by atoms with Crippen LogP contribution in [0.2, 0.25) is 0 Å². The first-order chi connectivity index (χ1) is 20.0. The molecule has 1 aliphatic heterocycles. The number of nitrogens with zero attached hydrogens (tertiary/aromatic N) is 5. The molecule has 1 fully saturated rings. The molecule has 3 aromatic heterocycles. The molecule has 0 spiro atoms. The second-order valence-electron chi connectivity index (χ2n) is 9.58. The lowest BCUT2D eigenvalue weighted by Crippen LogP contribution is -2.23. The van der Waals surface area contributed by atoms with Crippen LogP contribution in [0.1, 0.15) is 34.5 Å². The van der Waals surface area contributed by atoms with Crippen molar-refractivity contribution >= 4 is 17.6 Å². The summed E-state index contributed by atoms with van der Waals surface area (Å²) in [6.45, 7) is 1.82. The van der Waals surface area contributed by atoms with E-state index in [1.165, 1.54) is 48.4 Å². The van der Waals surface area contributed by atoms with Crippen LogP contribution in [-0.4, -0.2) is 73.2 Å². The minimum absolute atomic E-state index is 0.0130. The molecule has 0 amide bonds. The van der Waals surface area contributed by atoms with E-state index < -0.39 is 36.0 Å². The van der Waals surface area contributed by atoms with Crippen LogP contribution >= 0.6 is 0 Å². The van der Waals surface area contributed by atoms with Crippen molar-refractivity contribution in [3.8, 4) is 22.9 Å². The number of carbonyl (C=O) groups is 2. The fourth-order valence-electron chi connectivity index (χ4n) is 4.43. The van der Waals surface area contributed by atoms with Gasteiger partial charge in [-0.15, -0.1) is 0 Å². The Balaban J connectivity index is 1.21. The van der Waals surface area contributed by atoms with E-state index in [0.717, 1.165) is 4.68 Å². The average Bonchev–Trinajstić information content (AvgIpc) is 3.66. The van der Waals surface area contributed by atoms with E-state index in [1.807, 2.05) is 0 Å². The maximum absolute atomic E-state index is 13.5. The second kappa shape index (κ2) is 11.8. The zero-order valence-corrected chi connectivity index (χ0v) is 22.5.